The van der Waals surface area contributed by atoms with Gasteiger partial charge in [-0.2, -0.15) is 0 Å². The monoisotopic (exact) mass is 284 g/mol. The van der Waals surface area contributed by atoms with Crippen LogP contribution < -0.4 is 0 Å². The van der Waals surface area contributed by atoms with E-state index < -0.39 is 0 Å². The molecule has 1 aliphatic rings. The zero-order chi connectivity index (χ0) is 14.8. The van der Waals surface area contributed by atoms with E-state index in [0.717, 1.165) is 0 Å². The van der Waals surface area contributed by atoms with Crippen molar-refractivity contribution in [2.75, 3.05) is 0 Å². The van der Waals surface area contributed by atoms with Crippen molar-refractivity contribution >= 4 is 0 Å². The third kappa shape index (κ3) is 7.08. The van der Waals surface area contributed by atoms with E-state index in [2.05, 4.69) is 27.7 Å². The predicted molar refractivity (Wildman–Crippen MR) is 86.2 cm³/mol. The lowest BCUT2D eigenvalue weighted by Crippen LogP contribution is -2.38. The number of hydrogen-bond acceptors (Lipinski definition) is 2. The molecule has 20 heavy (non-hydrogen) atoms. The van der Waals surface area contributed by atoms with Crippen molar-refractivity contribution < 1.29 is 9.47 Å². The number of hydrogen-bond donors (Lipinski definition) is 0. The fourth-order valence-corrected chi connectivity index (χ4v) is 3.09. The van der Waals surface area contributed by atoms with Crippen molar-refractivity contribution in [2.45, 2.75) is 116 Å². The highest BCUT2D eigenvalue weighted by Gasteiger charge is 2.29. The van der Waals surface area contributed by atoms with Crippen molar-refractivity contribution in [2.24, 2.45) is 0 Å². The zero-order valence-corrected chi connectivity index (χ0v) is 14.2. The van der Waals surface area contributed by atoms with Crippen LogP contribution in [0.3, 0.4) is 0 Å². The second-order valence-electron chi connectivity index (χ2n) is 6.54. The Kier molecular flexibility index (Phi) is 9.54. The van der Waals surface area contributed by atoms with Crippen LogP contribution in [0.2, 0.25) is 0 Å². The molecular weight excluding hydrogens is 248 g/mol. The smallest absolute Gasteiger partial charge is 0.0840 e. The molecule has 1 aliphatic carbocycles. The van der Waals surface area contributed by atoms with Gasteiger partial charge in [-0.05, 0) is 39.5 Å². The van der Waals surface area contributed by atoms with Gasteiger partial charge in [0.25, 0.3) is 0 Å². The quantitative estimate of drug-likeness (QED) is 0.528. The van der Waals surface area contributed by atoms with Crippen LogP contribution in [0, 0.1) is 0 Å². The van der Waals surface area contributed by atoms with Gasteiger partial charge in [0, 0.05) is 0 Å². The fraction of sp³-hybridized carbons (Fsp3) is 1.00. The van der Waals surface area contributed by atoms with E-state index in [1.54, 1.807) is 0 Å². The van der Waals surface area contributed by atoms with Crippen molar-refractivity contribution in [3.63, 3.8) is 0 Å². The maximum absolute atomic E-state index is 6.29. The lowest BCUT2D eigenvalue weighted by molar-refractivity contribution is -0.135. The van der Waals surface area contributed by atoms with Crippen LogP contribution in [0.1, 0.15) is 91.9 Å². The standard InChI is InChI=1S/C18H36O2/c1-5-7-11-15(3)19-17-13-9-10-14-18(17)20-16(4)12-8-6-2/h15-18H,5-14H2,1-4H3. The van der Waals surface area contributed by atoms with Gasteiger partial charge in [0.2, 0.25) is 0 Å². The fourth-order valence-electron chi connectivity index (χ4n) is 3.09. The molecule has 2 heteroatoms. The first kappa shape index (κ1) is 18.0. The van der Waals surface area contributed by atoms with Gasteiger partial charge in [-0.25, -0.2) is 0 Å². The van der Waals surface area contributed by atoms with Crippen molar-refractivity contribution in [1.29, 1.82) is 0 Å². The molecule has 0 aromatic heterocycles. The molecule has 4 atom stereocenters. The molecule has 1 fully saturated rings. The summed E-state index contributed by atoms with van der Waals surface area (Å²) in [7, 11) is 0. The molecule has 1 rings (SSSR count). The first-order chi connectivity index (χ1) is 9.67. The topological polar surface area (TPSA) is 18.5 Å². The van der Waals surface area contributed by atoms with Crippen LogP contribution in [0.25, 0.3) is 0 Å². The Hall–Kier alpha value is -0.0800. The van der Waals surface area contributed by atoms with E-state index in [-0.39, 0.29) is 0 Å². The summed E-state index contributed by atoms with van der Waals surface area (Å²) in [6, 6.07) is 0. The molecule has 0 spiro atoms. The van der Waals surface area contributed by atoms with Gasteiger partial charge in [0.15, 0.2) is 0 Å². The third-order valence-electron chi connectivity index (χ3n) is 4.38. The van der Waals surface area contributed by atoms with Crippen molar-refractivity contribution in [3.8, 4) is 0 Å². The molecule has 120 valence electrons. The molecule has 0 aliphatic heterocycles. The largest absolute Gasteiger partial charge is 0.373 e. The van der Waals surface area contributed by atoms with Crippen molar-refractivity contribution in [1.82, 2.24) is 0 Å². The van der Waals surface area contributed by atoms with E-state index in [1.807, 2.05) is 0 Å². The van der Waals surface area contributed by atoms with Crippen LogP contribution in [-0.2, 0) is 9.47 Å². The Bertz CT molecular complexity index is 205. The Balaban J connectivity index is 2.36. The van der Waals surface area contributed by atoms with Gasteiger partial charge in [0.05, 0.1) is 24.4 Å². The molecule has 0 aromatic carbocycles. The average molecular weight is 284 g/mol. The van der Waals surface area contributed by atoms with E-state index in [9.17, 15) is 0 Å². The molecule has 1 saturated carbocycles. The van der Waals surface area contributed by atoms with Crippen molar-refractivity contribution in [3.05, 3.63) is 0 Å². The minimum Gasteiger partial charge on any atom is -0.373 e. The SMILES string of the molecule is CCCCC(C)OC1CCCCC1OC(C)CCCC. The Morgan fingerprint density at radius 1 is 0.800 bits per heavy atom. The predicted octanol–water partition coefficient (Wildman–Crippen LogP) is 5.49. The normalized spacial score (nSPS) is 26.4. The minimum atomic E-state index is 0.333. The van der Waals surface area contributed by atoms with E-state index in [0.29, 0.717) is 24.4 Å². The number of rotatable bonds is 10. The molecule has 0 saturated heterocycles. The summed E-state index contributed by atoms with van der Waals surface area (Å²) in [5.74, 6) is 0. The summed E-state index contributed by atoms with van der Waals surface area (Å²) >= 11 is 0. The Labute approximate surface area is 126 Å². The summed E-state index contributed by atoms with van der Waals surface area (Å²) < 4.78 is 12.6. The first-order valence-corrected chi connectivity index (χ1v) is 8.98. The summed E-state index contributed by atoms with van der Waals surface area (Å²) in [5, 5.41) is 0. The Morgan fingerprint density at radius 2 is 1.20 bits per heavy atom. The summed E-state index contributed by atoms with van der Waals surface area (Å²) in [4.78, 5) is 0. The van der Waals surface area contributed by atoms with Gasteiger partial charge < -0.3 is 9.47 Å². The Morgan fingerprint density at radius 3 is 1.55 bits per heavy atom. The lowest BCUT2D eigenvalue weighted by Gasteiger charge is -2.35. The van der Waals surface area contributed by atoms with E-state index in [1.165, 1.54) is 64.2 Å². The molecule has 0 radical (unpaired) electrons. The van der Waals surface area contributed by atoms with Crippen LogP contribution >= 0.6 is 0 Å². The molecule has 0 heterocycles. The van der Waals surface area contributed by atoms with Crippen LogP contribution in [0.15, 0.2) is 0 Å². The summed E-state index contributed by atoms with van der Waals surface area (Å²) in [5.41, 5.74) is 0. The lowest BCUT2D eigenvalue weighted by atomic mass is 9.94. The molecular formula is C18H36O2. The van der Waals surface area contributed by atoms with E-state index >= 15 is 0 Å². The van der Waals surface area contributed by atoms with Gasteiger partial charge in [-0.15, -0.1) is 0 Å². The molecule has 2 nitrogen and oxygen atoms in total. The highest BCUT2D eigenvalue weighted by atomic mass is 16.6. The molecule has 0 bridgehead atoms. The molecule has 0 aromatic rings. The highest BCUT2D eigenvalue weighted by molar-refractivity contribution is 4.78. The third-order valence-corrected chi connectivity index (χ3v) is 4.38. The minimum absolute atomic E-state index is 0.333. The second kappa shape index (κ2) is 10.6. The number of unbranched alkanes of at least 4 members (excludes halogenated alkanes) is 2. The summed E-state index contributed by atoms with van der Waals surface area (Å²) in [6.45, 7) is 8.94. The van der Waals surface area contributed by atoms with Gasteiger partial charge >= 0.3 is 0 Å². The second-order valence-corrected chi connectivity index (χ2v) is 6.54. The van der Waals surface area contributed by atoms with Crippen LogP contribution in [0.5, 0.6) is 0 Å². The first-order valence-electron chi connectivity index (χ1n) is 8.98. The van der Waals surface area contributed by atoms with Crippen LogP contribution in [0.4, 0.5) is 0 Å². The molecule has 4 unspecified atom stereocenters. The van der Waals surface area contributed by atoms with Gasteiger partial charge in [-0.3, -0.25) is 0 Å². The molecule has 0 N–H and O–H groups in total. The average Bonchev–Trinajstić information content (AvgIpc) is 2.45. The van der Waals surface area contributed by atoms with E-state index in [4.69, 9.17) is 9.47 Å². The zero-order valence-electron chi connectivity index (χ0n) is 14.2. The summed E-state index contributed by atoms with van der Waals surface area (Å²) in [6.07, 6.45) is 13.8. The maximum atomic E-state index is 6.29. The molecule has 0 amide bonds. The van der Waals surface area contributed by atoms with Crippen LogP contribution in [-0.4, -0.2) is 24.4 Å². The van der Waals surface area contributed by atoms with Gasteiger partial charge in [-0.1, -0.05) is 52.4 Å². The number of ether oxygens (including phenoxy) is 2. The maximum Gasteiger partial charge on any atom is 0.0840 e. The van der Waals surface area contributed by atoms with Gasteiger partial charge in [0.1, 0.15) is 0 Å². The highest BCUT2D eigenvalue weighted by Crippen LogP contribution is 2.27.